The second kappa shape index (κ2) is 8.50. The number of halogens is 3. The molecule has 1 heterocycles. The second-order valence-electron chi connectivity index (χ2n) is 6.12. The van der Waals surface area contributed by atoms with E-state index in [-0.39, 0.29) is 5.92 Å². The van der Waals surface area contributed by atoms with Crippen LogP contribution in [0.5, 0.6) is 0 Å². The van der Waals surface area contributed by atoms with E-state index in [1.54, 1.807) is 0 Å². The van der Waals surface area contributed by atoms with Crippen molar-refractivity contribution in [2.75, 3.05) is 6.54 Å². The molecule has 0 aliphatic heterocycles. The van der Waals surface area contributed by atoms with Gasteiger partial charge in [0.05, 0.1) is 6.42 Å². The number of hydrogen-bond donors (Lipinski definition) is 2. The van der Waals surface area contributed by atoms with Crippen LogP contribution in [0, 0.1) is 5.92 Å². The fraction of sp³-hybridized carbons (Fsp3) is 0.750. The predicted molar refractivity (Wildman–Crippen MR) is 84.1 cm³/mol. The number of carbonyl (C=O) groups is 1. The number of nitrogens with one attached hydrogen (secondary N) is 1. The van der Waals surface area contributed by atoms with Crippen LogP contribution in [-0.4, -0.2) is 33.3 Å². The first-order valence-electron chi connectivity index (χ1n) is 8.19. The van der Waals surface area contributed by atoms with E-state index in [2.05, 4.69) is 17.2 Å². The zero-order valence-electron chi connectivity index (χ0n) is 14.4. The summed E-state index contributed by atoms with van der Waals surface area (Å²) in [6.07, 6.45) is 0.121. The zero-order chi connectivity index (χ0) is 18.4. The number of nitrogens with zero attached hydrogens (tertiary/aromatic N) is 2. The highest BCUT2D eigenvalue weighted by atomic mass is 19.4. The predicted octanol–water partition coefficient (Wildman–Crippen LogP) is 2.89. The maximum atomic E-state index is 13.4. The van der Waals surface area contributed by atoms with Gasteiger partial charge in [-0.1, -0.05) is 33.1 Å². The number of alkyl halides is 3. The highest BCUT2D eigenvalue weighted by Crippen LogP contribution is 2.40. The number of rotatable bonds is 9. The van der Waals surface area contributed by atoms with Gasteiger partial charge in [-0.25, -0.2) is 4.98 Å². The fourth-order valence-electron chi connectivity index (χ4n) is 2.57. The molecule has 2 N–H and O–H groups in total. The Morgan fingerprint density at radius 3 is 2.54 bits per heavy atom. The van der Waals surface area contributed by atoms with Crippen LogP contribution in [0.3, 0.4) is 0 Å². The Bertz CT molecular complexity index is 531. The average Bonchev–Trinajstić information content (AvgIpc) is 2.93. The molecule has 0 radical (unpaired) electrons. The van der Waals surface area contributed by atoms with Crippen molar-refractivity contribution in [2.45, 2.75) is 57.7 Å². The summed E-state index contributed by atoms with van der Waals surface area (Å²) >= 11 is 0. The van der Waals surface area contributed by atoms with Crippen molar-refractivity contribution in [3.8, 4) is 0 Å². The third-order valence-electron chi connectivity index (χ3n) is 4.21. The van der Waals surface area contributed by atoms with Crippen LogP contribution in [0.4, 0.5) is 13.2 Å². The largest absolute Gasteiger partial charge is 0.425 e. The molecule has 0 saturated heterocycles. The van der Waals surface area contributed by atoms with Gasteiger partial charge in [-0.2, -0.15) is 13.2 Å². The maximum absolute atomic E-state index is 13.4. The number of aromatic nitrogens is 2. The van der Waals surface area contributed by atoms with Crippen LogP contribution in [0.2, 0.25) is 0 Å². The summed E-state index contributed by atoms with van der Waals surface area (Å²) in [5.74, 6) is -1.21. The molecule has 2 atom stereocenters. The Morgan fingerprint density at radius 1 is 1.42 bits per heavy atom. The molecule has 1 rings (SSSR count). The van der Waals surface area contributed by atoms with Crippen LogP contribution in [-0.2, 0) is 17.4 Å². The van der Waals surface area contributed by atoms with Gasteiger partial charge in [-0.15, -0.1) is 0 Å². The van der Waals surface area contributed by atoms with Crippen LogP contribution >= 0.6 is 0 Å². The minimum atomic E-state index is -5.00. The van der Waals surface area contributed by atoms with Crippen molar-refractivity contribution >= 4 is 5.91 Å². The lowest BCUT2D eigenvalue weighted by molar-refractivity contribution is -0.271. The summed E-state index contributed by atoms with van der Waals surface area (Å²) in [6, 6.07) is 0. The first-order valence-corrected chi connectivity index (χ1v) is 8.19. The molecule has 0 fully saturated rings. The molecule has 5 nitrogen and oxygen atoms in total. The average molecular weight is 349 g/mol. The minimum absolute atomic E-state index is 0.223. The third-order valence-corrected chi connectivity index (χ3v) is 4.21. The molecule has 138 valence electrons. The molecule has 24 heavy (non-hydrogen) atoms. The van der Waals surface area contributed by atoms with Gasteiger partial charge in [0, 0.05) is 26.0 Å². The van der Waals surface area contributed by atoms with Crippen molar-refractivity contribution in [3.05, 3.63) is 18.2 Å². The summed E-state index contributed by atoms with van der Waals surface area (Å²) < 4.78 is 41.1. The van der Waals surface area contributed by atoms with Crippen LogP contribution in [0.15, 0.2) is 12.4 Å². The van der Waals surface area contributed by atoms with Crippen molar-refractivity contribution in [3.63, 3.8) is 0 Å². The van der Waals surface area contributed by atoms with Crippen LogP contribution < -0.4 is 5.32 Å². The van der Waals surface area contributed by atoms with Crippen molar-refractivity contribution in [1.82, 2.24) is 14.9 Å². The number of aliphatic hydroxyl groups is 1. The number of hydrogen-bond acceptors (Lipinski definition) is 3. The van der Waals surface area contributed by atoms with Gasteiger partial charge in [0.2, 0.25) is 11.5 Å². The fourth-order valence-corrected chi connectivity index (χ4v) is 2.57. The number of carbonyl (C=O) groups excluding carboxylic acids is 1. The monoisotopic (exact) mass is 349 g/mol. The van der Waals surface area contributed by atoms with Gasteiger partial charge >= 0.3 is 6.18 Å². The standard InChI is InChI=1S/C16H26F3N3O2/c1-4-6-7-12(5-2)11-21-13(23)10-15(24,16(17,18)19)14-20-8-9-22(14)3/h8-9,12,24H,4-7,10-11H2,1-3H3,(H,21,23). The summed E-state index contributed by atoms with van der Waals surface area (Å²) in [6.45, 7) is 4.35. The van der Waals surface area contributed by atoms with Gasteiger partial charge in [0.15, 0.2) is 5.82 Å². The van der Waals surface area contributed by atoms with Gasteiger partial charge in [-0.05, 0) is 12.3 Å². The highest BCUT2D eigenvalue weighted by molar-refractivity contribution is 5.77. The molecule has 0 bridgehead atoms. The van der Waals surface area contributed by atoms with E-state index in [4.69, 9.17) is 0 Å². The molecular formula is C16H26F3N3O2. The summed E-state index contributed by atoms with van der Waals surface area (Å²) in [5.41, 5.74) is -3.31. The van der Waals surface area contributed by atoms with E-state index >= 15 is 0 Å². The lowest BCUT2D eigenvalue weighted by Gasteiger charge is -2.29. The minimum Gasteiger partial charge on any atom is -0.374 e. The van der Waals surface area contributed by atoms with Crippen molar-refractivity contribution < 1.29 is 23.1 Å². The molecule has 8 heteroatoms. The smallest absolute Gasteiger partial charge is 0.374 e. The number of amides is 1. The number of unbranched alkanes of at least 4 members (excludes halogenated alkanes) is 1. The highest BCUT2D eigenvalue weighted by Gasteiger charge is 2.58. The van der Waals surface area contributed by atoms with Gasteiger partial charge in [0.25, 0.3) is 0 Å². The third kappa shape index (κ3) is 4.96. The van der Waals surface area contributed by atoms with E-state index in [0.29, 0.717) is 6.54 Å². The Kier molecular flexibility index (Phi) is 7.26. The summed E-state index contributed by atoms with van der Waals surface area (Å²) in [5, 5.41) is 12.7. The molecule has 1 amide bonds. The quantitative estimate of drug-likeness (QED) is 0.720. The van der Waals surface area contributed by atoms with Gasteiger partial charge in [-0.3, -0.25) is 4.79 Å². The lowest BCUT2D eigenvalue weighted by Crippen LogP contribution is -2.48. The SMILES string of the molecule is CCCCC(CC)CNC(=O)CC(O)(c1nccn1C)C(F)(F)F. The first kappa shape index (κ1) is 20.5. The Labute approximate surface area is 140 Å². The first-order chi connectivity index (χ1) is 11.2. The van der Waals surface area contributed by atoms with Gasteiger partial charge in [0.1, 0.15) is 0 Å². The molecule has 0 aromatic carbocycles. The Hall–Kier alpha value is -1.57. The van der Waals surface area contributed by atoms with E-state index < -0.39 is 29.9 Å². The van der Waals surface area contributed by atoms with Crippen LogP contribution in [0.1, 0.15) is 51.8 Å². The molecular weight excluding hydrogens is 323 g/mol. The Balaban J connectivity index is 2.78. The molecule has 0 spiro atoms. The summed E-state index contributed by atoms with van der Waals surface area (Å²) in [7, 11) is 1.34. The number of imidazole rings is 1. The molecule has 2 unspecified atom stereocenters. The molecule has 0 aliphatic carbocycles. The molecule has 0 aliphatic rings. The normalized spacial score (nSPS) is 15.8. The van der Waals surface area contributed by atoms with E-state index in [1.807, 2.05) is 6.92 Å². The van der Waals surface area contributed by atoms with Gasteiger partial charge < -0.3 is 15.0 Å². The molecule has 1 aromatic heterocycles. The lowest BCUT2D eigenvalue weighted by atomic mass is 9.96. The number of aryl methyl sites for hydroxylation is 1. The Morgan fingerprint density at radius 2 is 2.08 bits per heavy atom. The van der Waals surface area contributed by atoms with E-state index in [0.717, 1.165) is 36.4 Å². The zero-order valence-corrected chi connectivity index (χ0v) is 14.4. The molecule has 1 aromatic rings. The van der Waals surface area contributed by atoms with E-state index in [1.165, 1.54) is 13.2 Å². The molecule has 0 saturated carbocycles. The van der Waals surface area contributed by atoms with E-state index in [9.17, 15) is 23.1 Å². The topological polar surface area (TPSA) is 67.2 Å². The van der Waals surface area contributed by atoms with Crippen LogP contribution in [0.25, 0.3) is 0 Å². The summed E-state index contributed by atoms with van der Waals surface area (Å²) in [4.78, 5) is 15.6. The van der Waals surface area contributed by atoms with Crippen molar-refractivity contribution in [2.24, 2.45) is 13.0 Å². The second-order valence-corrected chi connectivity index (χ2v) is 6.12. The van der Waals surface area contributed by atoms with Crippen molar-refractivity contribution in [1.29, 1.82) is 0 Å². The maximum Gasteiger partial charge on any atom is 0.425 e.